The van der Waals surface area contributed by atoms with E-state index in [0.717, 1.165) is 9.21 Å². The lowest BCUT2D eigenvalue weighted by molar-refractivity contribution is 0.0690. The Hall–Kier alpha value is -2.12. The molecular weight excluding hydrogens is 314 g/mol. The van der Waals surface area contributed by atoms with Crippen molar-refractivity contribution in [2.45, 2.75) is 6.42 Å². The molecule has 0 aromatic carbocycles. The number of anilines is 1. The molecule has 0 atom stereocenters. The van der Waals surface area contributed by atoms with Crippen LogP contribution in [0.15, 0.2) is 30.5 Å². The van der Waals surface area contributed by atoms with Gasteiger partial charge in [-0.3, -0.25) is 0 Å². The minimum absolute atomic E-state index is 0.0736. The van der Waals surface area contributed by atoms with Gasteiger partial charge in [-0.1, -0.05) is 11.6 Å². The number of hydrogen-bond donors (Lipinski definition) is 3. The third-order valence-electron chi connectivity index (χ3n) is 2.53. The molecule has 0 saturated heterocycles. The standard InChI is InChI=1S/C13H12ClN3O3S/c14-11-4-2-9(21-11)5-6-15-13(20)17-8-1-3-10(12(18)19)16-7-8/h1-4,7H,5-6H2,(H,18,19)(H2,15,17,20). The quantitative estimate of drug-likeness (QED) is 0.788. The van der Waals surface area contributed by atoms with Crippen LogP contribution in [0.5, 0.6) is 0 Å². The summed E-state index contributed by atoms with van der Waals surface area (Å²) in [6.45, 7) is 0.476. The molecule has 2 aromatic heterocycles. The Balaban J connectivity index is 1.77. The van der Waals surface area contributed by atoms with Crippen LogP contribution >= 0.6 is 22.9 Å². The maximum absolute atomic E-state index is 11.6. The van der Waals surface area contributed by atoms with E-state index in [1.54, 1.807) is 0 Å². The number of thiophene rings is 1. The molecule has 2 aromatic rings. The van der Waals surface area contributed by atoms with Crippen molar-refractivity contribution in [3.8, 4) is 0 Å². The van der Waals surface area contributed by atoms with Crippen molar-refractivity contribution in [2.24, 2.45) is 0 Å². The smallest absolute Gasteiger partial charge is 0.354 e. The largest absolute Gasteiger partial charge is 0.477 e. The average molecular weight is 326 g/mol. The number of halogens is 1. The third-order valence-corrected chi connectivity index (χ3v) is 3.82. The highest BCUT2D eigenvalue weighted by Crippen LogP contribution is 2.21. The van der Waals surface area contributed by atoms with Gasteiger partial charge < -0.3 is 15.7 Å². The highest BCUT2D eigenvalue weighted by Gasteiger charge is 2.06. The summed E-state index contributed by atoms with van der Waals surface area (Å²) in [5.41, 5.74) is 0.354. The maximum Gasteiger partial charge on any atom is 0.354 e. The number of hydrogen-bond acceptors (Lipinski definition) is 4. The summed E-state index contributed by atoms with van der Waals surface area (Å²) in [7, 11) is 0. The minimum Gasteiger partial charge on any atom is -0.477 e. The highest BCUT2D eigenvalue weighted by molar-refractivity contribution is 7.16. The Morgan fingerprint density at radius 3 is 2.67 bits per heavy atom. The molecule has 0 aliphatic heterocycles. The molecule has 0 saturated carbocycles. The lowest BCUT2D eigenvalue weighted by Gasteiger charge is -2.06. The van der Waals surface area contributed by atoms with Gasteiger partial charge in [0.15, 0.2) is 0 Å². The van der Waals surface area contributed by atoms with Crippen LogP contribution in [0.25, 0.3) is 0 Å². The number of carbonyl (C=O) groups excluding carboxylic acids is 1. The Bertz CT molecular complexity index is 642. The molecule has 2 amide bonds. The number of nitrogens with zero attached hydrogens (tertiary/aromatic N) is 1. The summed E-state index contributed by atoms with van der Waals surface area (Å²) in [6, 6.07) is 6.17. The molecular formula is C13H12ClN3O3S. The topological polar surface area (TPSA) is 91.3 Å². The van der Waals surface area contributed by atoms with Crippen molar-refractivity contribution in [3.63, 3.8) is 0 Å². The number of aromatic nitrogens is 1. The van der Waals surface area contributed by atoms with Crippen LogP contribution in [0.3, 0.4) is 0 Å². The van der Waals surface area contributed by atoms with Gasteiger partial charge in [0.25, 0.3) is 0 Å². The number of nitrogens with one attached hydrogen (secondary N) is 2. The summed E-state index contributed by atoms with van der Waals surface area (Å²) in [4.78, 5) is 27.1. The second-order valence-electron chi connectivity index (χ2n) is 4.07. The van der Waals surface area contributed by atoms with E-state index in [0.29, 0.717) is 18.7 Å². The summed E-state index contributed by atoms with van der Waals surface area (Å²) >= 11 is 7.29. The molecule has 21 heavy (non-hydrogen) atoms. The SMILES string of the molecule is O=C(NCCc1ccc(Cl)s1)Nc1ccc(C(=O)O)nc1. The fraction of sp³-hybridized carbons (Fsp3) is 0.154. The lowest BCUT2D eigenvalue weighted by atomic mass is 10.3. The number of amides is 2. The number of carboxylic acids is 1. The molecule has 110 valence electrons. The van der Waals surface area contributed by atoms with Gasteiger partial charge in [0.2, 0.25) is 0 Å². The average Bonchev–Trinajstić information content (AvgIpc) is 2.85. The first-order valence-corrected chi connectivity index (χ1v) is 7.22. The van der Waals surface area contributed by atoms with Crippen molar-refractivity contribution in [3.05, 3.63) is 45.4 Å². The van der Waals surface area contributed by atoms with Gasteiger partial charge in [0, 0.05) is 11.4 Å². The molecule has 0 bridgehead atoms. The first-order chi connectivity index (χ1) is 10.0. The van der Waals surface area contributed by atoms with Gasteiger partial charge in [-0.05, 0) is 30.7 Å². The first-order valence-electron chi connectivity index (χ1n) is 6.03. The van der Waals surface area contributed by atoms with Gasteiger partial charge in [-0.2, -0.15) is 0 Å². The Labute approximate surface area is 129 Å². The van der Waals surface area contributed by atoms with Crippen molar-refractivity contribution in [2.75, 3.05) is 11.9 Å². The monoisotopic (exact) mass is 325 g/mol. The van der Waals surface area contributed by atoms with Crippen molar-refractivity contribution >= 4 is 40.6 Å². The fourth-order valence-electron chi connectivity index (χ4n) is 1.55. The molecule has 0 unspecified atom stereocenters. The van der Waals surface area contributed by atoms with E-state index in [1.165, 1.54) is 29.7 Å². The maximum atomic E-state index is 11.6. The Morgan fingerprint density at radius 2 is 2.10 bits per heavy atom. The molecule has 6 nitrogen and oxygen atoms in total. The van der Waals surface area contributed by atoms with Crippen molar-refractivity contribution in [1.29, 1.82) is 0 Å². The Morgan fingerprint density at radius 1 is 1.29 bits per heavy atom. The zero-order chi connectivity index (χ0) is 15.2. The molecule has 0 aliphatic carbocycles. The summed E-state index contributed by atoms with van der Waals surface area (Å²) in [5.74, 6) is -1.11. The van der Waals surface area contributed by atoms with Crippen LogP contribution in [0, 0.1) is 0 Å². The molecule has 2 rings (SSSR count). The molecule has 0 fully saturated rings. The van der Waals surface area contributed by atoms with E-state index < -0.39 is 5.97 Å². The van der Waals surface area contributed by atoms with Gasteiger partial charge >= 0.3 is 12.0 Å². The highest BCUT2D eigenvalue weighted by atomic mass is 35.5. The fourth-order valence-corrected chi connectivity index (χ4v) is 2.64. The van der Waals surface area contributed by atoms with Crippen LogP contribution in [0.1, 0.15) is 15.4 Å². The summed E-state index contributed by atoms with van der Waals surface area (Å²) < 4.78 is 0.721. The number of rotatable bonds is 5. The van der Waals surface area contributed by atoms with E-state index in [-0.39, 0.29) is 11.7 Å². The van der Waals surface area contributed by atoms with E-state index in [2.05, 4.69) is 15.6 Å². The van der Waals surface area contributed by atoms with E-state index in [1.807, 2.05) is 12.1 Å². The van der Waals surface area contributed by atoms with Crippen molar-refractivity contribution in [1.82, 2.24) is 10.3 Å². The van der Waals surface area contributed by atoms with E-state index >= 15 is 0 Å². The van der Waals surface area contributed by atoms with E-state index in [4.69, 9.17) is 16.7 Å². The molecule has 2 heterocycles. The van der Waals surface area contributed by atoms with Crippen molar-refractivity contribution < 1.29 is 14.7 Å². The molecule has 0 radical (unpaired) electrons. The normalized spacial score (nSPS) is 10.1. The zero-order valence-electron chi connectivity index (χ0n) is 10.8. The third kappa shape index (κ3) is 4.73. The molecule has 3 N–H and O–H groups in total. The molecule has 0 spiro atoms. The van der Waals surface area contributed by atoms with Crippen LogP contribution in [0.2, 0.25) is 4.34 Å². The van der Waals surface area contributed by atoms with Crippen LogP contribution in [-0.2, 0) is 6.42 Å². The van der Waals surface area contributed by atoms with Gasteiger partial charge in [0.05, 0.1) is 16.2 Å². The van der Waals surface area contributed by atoms with Gasteiger partial charge in [-0.25, -0.2) is 14.6 Å². The number of carboxylic acid groups (broad SMARTS) is 1. The predicted molar refractivity (Wildman–Crippen MR) is 81.3 cm³/mol. The number of pyridine rings is 1. The molecule has 8 heteroatoms. The second kappa shape index (κ2) is 7.05. The van der Waals surface area contributed by atoms with Crippen LogP contribution in [0.4, 0.5) is 10.5 Å². The second-order valence-corrected chi connectivity index (χ2v) is 5.87. The predicted octanol–water partition coefficient (Wildman–Crippen LogP) is 2.86. The zero-order valence-corrected chi connectivity index (χ0v) is 12.4. The van der Waals surface area contributed by atoms with Crippen LogP contribution in [-0.4, -0.2) is 28.6 Å². The number of aromatic carboxylic acids is 1. The van der Waals surface area contributed by atoms with Crippen LogP contribution < -0.4 is 10.6 Å². The minimum atomic E-state index is -1.11. The summed E-state index contributed by atoms with van der Waals surface area (Å²) in [5, 5.41) is 14.0. The number of carbonyl (C=O) groups is 2. The Kier molecular flexibility index (Phi) is 5.13. The lowest BCUT2D eigenvalue weighted by Crippen LogP contribution is -2.30. The van der Waals surface area contributed by atoms with Gasteiger partial charge in [-0.15, -0.1) is 11.3 Å². The first kappa shape index (κ1) is 15.3. The number of urea groups is 1. The van der Waals surface area contributed by atoms with E-state index in [9.17, 15) is 9.59 Å². The molecule has 0 aliphatic rings. The summed E-state index contributed by atoms with van der Waals surface area (Å²) in [6.07, 6.45) is 1.99. The van der Waals surface area contributed by atoms with Gasteiger partial charge in [0.1, 0.15) is 5.69 Å².